The number of hydrogen-bond donors (Lipinski definition) is 5. The lowest BCUT2D eigenvalue weighted by Crippen LogP contribution is -2.28. The maximum atomic E-state index is 12.3. The van der Waals surface area contributed by atoms with Gasteiger partial charge in [0.2, 0.25) is 0 Å². The summed E-state index contributed by atoms with van der Waals surface area (Å²) in [6, 6.07) is 3.27. The summed E-state index contributed by atoms with van der Waals surface area (Å²) >= 11 is 0. The van der Waals surface area contributed by atoms with Gasteiger partial charge in [0.15, 0.2) is 0 Å². The Hall–Kier alpha value is -4.22. The zero-order valence-corrected chi connectivity index (χ0v) is 21.1. The Morgan fingerprint density at radius 2 is 1.31 bits per heavy atom. The molecule has 6 N–H and O–H groups in total. The Balaban J connectivity index is 0.000000848. The van der Waals surface area contributed by atoms with E-state index in [1.54, 1.807) is 47.8 Å². The van der Waals surface area contributed by atoms with Crippen LogP contribution in [0.3, 0.4) is 0 Å². The number of nitrogen functional groups attached to an aromatic ring is 1. The van der Waals surface area contributed by atoms with E-state index in [2.05, 4.69) is 15.5 Å². The third-order valence-electron chi connectivity index (χ3n) is 4.31. The number of aromatic nitrogens is 2. The van der Waals surface area contributed by atoms with E-state index in [1.165, 1.54) is 0 Å². The van der Waals surface area contributed by atoms with E-state index in [-0.39, 0.29) is 11.8 Å². The van der Waals surface area contributed by atoms with E-state index in [1.807, 2.05) is 14.1 Å². The normalized spacial score (nSPS) is 11.1. The van der Waals surface area contributed by atoms with E-state index in [0.29, 0.717) is 29.3 Å². The van der Waals surface area contributed by atoms with Gasteiger partial charge < -0.3 is 40.6 Å². The zero-order chi connectivity index (χ0) is 30.7. The summed E-state index contributed by atoms with van der Waals surface area (Å²) in [7, 11) is 7.51. The molecule has 12 nitrogen and oxygen atoms in total. The minimum atomic E-state index is -5.08. The van der Waals surface area contributed by atoms with Gasteiger partial charge >= 0.3 is 24.3 Å². The summed E-state index contributed by atoms with van der Waals surface area (Å²) in [6.45, 7) is 1.51. The highest BCUT2D eigenvalue weighted by atomic mass is 19.4. The lowest BCUT2D eigenvalue weighted by atomic mass is 10.3. The number of nitrogens with one attached hydrogen (secondary N) is 2. The quantitative estimate of drug-likeness (QED) is 0.247. The van der Waals surface area contributed by atoms with Crippen molar-refractivity contribution < 1.29 is 55.7 Å². The molecule has 0 unspecified atom stereocenters. The van der Waals surface area contributed by atoms with E-state index in [4.69, 9.17) is 25.5 Å². The maximum Gasteiger partial charge on any atom is 0.490 e. The Morgan fingerprint density at radius 3 is 1.69 bits per heavy atom. The fourth-order valence-corrected chi connectivity index (χ4v) is 2.56. The molecule has 0 bridgehead atoms. The first-order chi connectivity index (χ1) is 17.7. The van der Waals surface area contributed by atoms with E-state index >= 15 is 0 Å². The van der Waals surface area contributed by atoms with Crippen molar-refractivity contribution in [2.75, 3.05) is 38.2 Å². The summed E-state index contributed by atoms with van der Waals surface area (Å²) in [6.07, 6.45) is -5.91. The predicted octanol–water partition coefficient (Wildman–Crippen LogP) is 2.15. The van der Waals surface area contributed by atoms with Gasteiger partial charge in [0.05, 0.1) is 11.4 Å². The summed E-state index contributed by atoms with van der Waals surface area (Å²) in [5.74, 6) is -5.95. The van der Waals surface area contributed by atoms with Gasteiger partial charge in [-0.15, -0.1) is 0 Å². The third-order valence-corrected chi connectivity index (χ3v) is 4.31. The van der Waals surface area contributed by atoms with Crippen LogP contribution in [0.25, 0.3) is 0 Å². The predicted molar refractivity (Wildman–Crippen MR) is 126 cm³/mol. The summed E-state index contributed by atoms with van der Waals surface area (Å²) < 4.78 is 66.8. The van der Waals surface area contributed by atoms with Crippen molar-refractivity contribution in [1.29, 1.82) is 0 Å². The average Bonchev–Trinajstić information content (AvgIpc) is 3.31. The molecule has 0 aromatic carbocycles. The van der Waals surface area contributed by atoms with Crippen LogP contribution in [0, 0.1) is 0 Å². The second-order valence-corrected chi connectivity index (χ2v) is 7.97. The van der Waals surface area contributed by atoms with Crippen LogP contribution in [0.5, 0.6) is 0 Å². The van der Waals surface area contributed by atoms with Crippen molar-refractivity contribution in [2.45, 2.75) is 18.8 Å². The molecule has 18 heteroatoms. The molecule has 2 amide bonds. The molecule has 2 aromatic heterocycles. The number of anilines is 2. The topological polar surface area (TPSA) is 172 Å². The number of carbonyl (C=O) groups is 4. The number of hydrogen-bond acceptors (Lipinski definition) is 6. The SMILES string of the molecule is CN(C)CCCNC(=O)c1cc(NC(=O)c2cc(N)cn2C)cn1C.O=C(O)C(F)(F)F.O=C(O)C(F)(F)F. The molecule has 2 aromatic rings. The van der Waals surface area contributed by atoms with Crippen LogP contribution in [-0.2, 0) is 23.7 Å². The molecular weight excluding hydrogens is 546 g/mol. The number of rotatable bonds is 7. The van der Waals surface area contributed by atoms with Crippen LogP contribution in [0.1, 0.15) is 27.4 Å². The van der Waals surface area contributed by atoms with Crippen molar-refractivity contribution in [3.63, 3.8) is 0 Å². The monoisotopic (exact) mass is 574 g/mol. The number of alkyl halides is 6. The highest BCUT2D eigenvalue weighted by molar-refractivity contribution is 6.04. The molecule has 0 saturated carbocycles. The minimum Gasteiger partial charge on any atom is -0.475 e. The fourth-order valence-electron chi connectivity index (χ4n) is 2.56. The molecule has 39 heavy (non-hydrogen) atoms. The third kappa shape index (κ3) is 13.2. The number of amides is 2. The Bertz CT molecular complexity index is 1120. The minimum absolute atomic E-state index is 0.162. The van der Waals surface area contributed by atoms with Gasteiger partial charge in [0.1, 0.15) is 11.4 Å². The second kappa shape index (κ2) is 14.6. The molecule has 0 fully saturated rings. The van der Waals surface area contributed by atoms with Crippen LogP contribution in [0.2, 0.25) is 0 Å². The summed E-state index contributed by atoms with van der Waals surface area (Å²) in [4.78, 5) is 44.4. The van der Waals surface area contributed by atoms with Crippen molar-refractivity contribution in [2.24, 2.45) is 14.1 Å². The first-order valence-corrected chi connectivity index (χ1v) is 10.6. The van der Waals surface area contributed by atoms with Crippen molar-refractivity contribution in [3.8, 4) is 0 Å². The fraction of sp³-hybridized carbons (Fsp3) is 0.429. The molecule has 0 aliphatic carbocycles. The summed E-state index contributed by atoms with van der Waals surface area (Å²) in [5, 5.41) is 19.9. The van der Waals surface area contributed by atoms with Crippen LogP contribution in [-0.4, -0.2) is 87.5 Å². The Labute approximate surface area is 218 Å². The van der Waals surface area contributed by atoms with Gasteiger partial charge in [-0.3, -0.25) is 9.59 Å². The molecule has 0 atom stereocenters. The Morgan fingerprint density at radius 1 is 0.872 bits per heavy atom. The molecule has 0 saturated heterocycles. The Kier molecular flexibility index (Phi) is 13.1. The van der Waals surface area contributed by atoms with Crippen LogP contribution < -0.4 is 16.4 Å². The number of nitrogens with two attached hydrogens (primary N) is 1. The van der Waals surface area contributed by atoms with Crippen molar-refractivity contribution >= 4 is 35.1 Å². The number of halogens is 6. The molecule has 0 spiro atoms. The lowest BCUT2D eigenvalue weighted by molar-refractivity contribution is -0.193. The number of aryl methyl sites for hydroxylation is 2. The van der Waals surface area contributed by atoms with Gasteiger partial charge in [-0.25, -0.2) is 9.59 Å². The molecule has 2 heterocycles. The summed E-state index contributed by atoms with van der Waals surface area (Å²) in [5.41, 5.74) is 7.73. The van der Waals surface area contributed by atoms with E-state index in [0.717, 1.165) is 13.0 Å². The van der Waals surface area contributed by atoms with Crippen molar-refractivity contribution in [3.05, 3.63) is 35.9 Å². The van der Waals surface area contributed by atoms with Crippen LogP contribution >= 0.6 is 0 Å². The van der Waals surface area contributed by atoms with Gasteiger partial charge in [-0.2, -0.15) is 26.3 Å². The molecular formula is C21H28F6N6O6. The van der Waals surface area contributed by atoms with Crippen LogP contribution in [0.15, 0.2) is 24.5 Å². The van der Waals surface area contributed by atoms with Gasteiger partial charge in [-0.1, -0.05) is 0 Å². The van der Waals surface area contributed by atoms with Crippen LogP contribution in [0.4, 0.5) is 37.7 Å². The maximum absolute atomic E-state index is 12.3. The molecule has 0 aliphatic heterocycles. The highest BCUT2D eigenvalue weighted by Crippen LogP contribution is 2.16. The number of aliphatic carboxylic acids is 2. The molecule has 220 valence electrons. The molecule has 2 rings (SSSR count). The average molecular weight is 574 g/mol. The second-order valence-electron chi connectivity index (χ2n) is 7.97. The zero-order valence-electron chi connectivity index (χ0n) is 21.1. The number of carbonyl (C=O) groups excluding carboxylic acids is 2. The van der Waals surface area contributed by atoms with E-state index < -0.39 is 24.3 Å². The highest BCUT2D eigenvalue weighted by Gasteiger charge is 2.38. The first-order valence-electron chi connectivity index (χ1n) is 10.6. The van der Waals surface area contributed by atoms with E-state index in [9.17, 15) is 35.9 Å². The lowest BCUT2D eigenvalue weighted by Gasteiger charge is -2.10. The number of nitrogens with zero attached hydrogens (tertiary/aromatic N) is 3. The molecule has 0 aliphatic rings. The molecule has 0 radical (unpaired) electrons. The van der Waals surface area contributed by atoms with Gasteiger partial charge in [-0.05, 0) is 39.2 Å². The van der Waals surface area contributed by atoms with Gasteiger partial charge in [0.25, 0.3) is 11.8 Å². The number of carboxylic acid groups (broad SMARTS) is 2. The van der Waals surface area contributed by atoms with Gasteiger partial charge in [0, 0.05) is 33.0 Å². The van der Waals surface area contributed by atoms with Crippen molar-refractivity contribution in [1.82, 2.24) is 19.4 Å². The number of carboxylic acids is 2. The first kappa shape index (κ1) is 34.8. The smallest absolute Gasteiger partial charge is 0.475 e. The standard InChI is InChI=1S/C17H26N6O2.2C2HF3O2/c1-21(2)7-5-6-19-16(24)15-9-13(11-23(15)4)20-17(25)14-8-12(18)10-22(14)3;2*3-2(4,5)1(6)7/h8-11H,5-7,18H2,1-4H3,(H,19,24)(H,20,25);2*(H,6,7). The largest absolute Gasteiger partial charge is 0.490 e.